The van der Waals surface area contributed by atoms with Crippen molar-refractivity contribution in [3.05, 3.63) is 60.2 Å². The lowest BCUT2D eigenvalue weighted by Gasteiger charge is -2.29. The Bertz CT molecular complexity index is 740. The van der Waals surface area contributed by atoms with Crippen molar-refractivity contribution < 1.29 is 14.3 Å². The van der Waals surface area contributed by atoms with Crippen LogP contribution in [0.4, 0.5) is 11.4 Å². The Hall–Kier alpha value is -2.66. The molecule has 0 atom stereocenters. The molecule has 0 saturated carbocycles. The molecule has 1 aliphatic rings. The van der Waals surface area contributed by atoms with Crippen molar-refractivity contribution in [2.45, 2.75) is 19.3 Å². The Labute approximate surface area is 154 Å². The molecule has 1 fully saturated rings. The van der Waals surface area contributed by atoms with Gasteiger partial charge in [0, 0.05) is 42.9 Å². The monoisotopic (exact) mass is 352 g/mol. The van der Waals surface area contributed by atoms with Gasteiger partial charge in [0.15, 0.2) is 5.78 Å². The number of nitrogens with zero attached hydrogens (tertiary/aromatic N) is 1. The van der Waals surface area contributed by atoms with E-state index in [1.807, 2.05) is 42.5 Å². The van der Waals surface area contributed by atoms with Gasteiger partial charge in [0.2, 0.25) is 5.91 Å². The third-order valence-corrected chi connectivity index (χ3v) is 4.41. The Balaban J connectivity index is 1.46. The second kappa shape index (κ2) is 9.15. The lowest BCUT2D eigenvalue weighted by molar-refractivity contribution is -0.116. The van der Waals surface area contributed by atoms with Gasteiger partial charge in [0.05, 0.1) is 13.2 Å². The van der Waals surface area contributed by atoms with E-state index in [9.17, 15) is 9.59 Å². The van der Waals surface area contributed by atoms with E-state index in [4.69, 9.17) is 4.74 Å². The number of carbonyl (C=O) groups is 2. The minimum atomic E-state index is -0.0648. The Morgan fingerprint density at radius 1 is 0.962 bits per heavy atom. The van der Waals surface area contributed by atoms with Gasteiger partial charge in [0.25, 0.3) is 0 Å². The molecule has 0 aromatic heterocycles. The summed E-state index contributed by atoms with van der Waals surface area (Å²) in [6.07, 6.45) is 1.26. The van der Waals surface area contributed by atoms with E-state index in [2.05, 4.69) is 10.2 Å². The fourth-order valence-corrected chi connectivity index (χ4v) is 3.00. The zero-order valence-corrected chi connectivity index (χ0v) is 14.8. The number of ketones is 1. The molecule has 5 nitrogen and oxygen atoms in total. The maximum atomic E-state index is 12.2. The third kappa shape index (κ3) is 5.17. The van der Waals surface area contributed by atoms with Gasteiger partial charge < -0.3 is 15.0 Å². The first-order valence-electron chi connectivity index (χ1n) is 9.03. The number of anilines is 2. The number of hydrogen-bond donors (Lipinski definition) is 1. The Kier molecular flexibility index (Phi) is 6.39. The number of morpholine rings is 1. The quantitative estimate of drug-likeness (QED) is 0.775. The van der Waals surface area contributed by atoms with Crippen molar-refractivity contribution in [2.24, 2.45) is 0 Å². The van der Waals surface area contributed by atoms with Crippen LogP contribution in [0, 0.1) is 0 Å². The third-order valence-electron chi connectivity index (χ3n) is 4.41. The normalized spacial score (nSPS) is 14.1. The number of carbonyl (C=O) groups excluding carboxylic acids is 2. The molecule has 1 saturated heterocycles. The number of Topliss-reactive ketones (excluding diaryl/α,β-unsaturated/α-hetero) is 1. The Morgan fingerprint density at radius 2 is 1.73 bits per heavy atom. The molecule has 5 heteroatoms. The average molecular weight is 352 g/mol. The van der Waals surface area contributed by atoms with Gasteiger partial charge in [-0.25, -0.2) is 0 Å². The molecule has 1 N–H and O–H groups in total. The van der Waals surface area contributed by atoms with Gasteiger partial charge in [-0.1, -0.05) is 36.4 Å². The number of ether oxygens (including phenoxy) is 1. The lowest BCUT2D eigenvalue weighted by atomic mass is 10.1. The molecule has 1 heterocycles. The van der Waals surface area contributed by atoms with Crippen molar-refractivity contribution in [3.63, 3.8) is 0 Å². The zero-order valence-electron chi connectivity index (χ0n) is 14.8. The SMILES string of the molecule is O=C(CCCC(=O)c1ccccc1)Nc1cccc(N2CCOCC2)c1. The van der Waals surface area contributed by atoms with E-state index in [0.717, 1.165) is 37.7 Å². The van der Waals surface area contributed by atoms with Crippen LogP contribution in [0.3, 0.4) is 0 Å². The second-order valence-electron chi connectivity index (χ2n) is 6.34. The van der Waals surface area contributed by atoms with Crippen LogP contribution in [-0.2, 0) is 9.53 Å². The first kappa shape index (κ1) is 18.1. The van der Waals surface area contributed by atoms with E-state index >= 15 is 0 Å². The van der Waals surface area contributed by atoms with Gasteiger partial charge in [-0.15, -0.1) is 0 Å². The molecule has 1 aliphatic heterocycles. The molecular weight excluding hydrogens is 328 g/mol. The number of hydrogen-bond acceptors (Lipinski definition) is 4. The summed E-state index contributed by atoms with van der Waals surface area (Å²) in [4.78, 5) is 26.5. The zero-order chi connectivity index (χ0) is 18.2. The van der Waals surface area contributed by atoms with Crippen molar-refractivity contribution in [1.82, 2.24) is 0 Å². The molecule has 2 aromatic rings. The van der Waals surface area contributed by atoms with Crippen LogP contribution in [0.15, 0.2) is 54.6 Å². The minimum absolute atomic E-state index is 0.0648. The van der Waals surface area contributed by atoms with Crippen LogP contribution in [0.25, 0.3) is 0 Å². The molecule has 0 radical (unpaired) electrons. The molecule has 26 heavy (non-hydrogen) atoms. The van der Waals surface area contributed by atoms with Gasteiger partial charge in [0.1, 0.15) is 0 Å². The van der Waals surface area contributed by atoms with Gasteiger partial charge >= 0.3 is 0 Å². The highest BCUT2D eigenvalue weighted by Gasteiger charge is 2.12. The van der Waals surface area contributed by atoms with Crippen LogP contribution in [0.1, 0.15) is 29.6 Å². The van der Waals surface area contributed by atoms with E-state index < -0.39 is 0 Å². The summed E-state index contributed by atoms with van der Waals surface area (Å²) in [7, 11) is 0. The van der Waals surface area contributed by atoms with Crippen molar-refractivity contribution in [2.75, 3.05) is 36.5 Å². The smallest absolute Gasteiger partial charge is 0.224 e. The predicted molar refractivity (Wildman–Crippen MR) is 103 cm³/mol. The number of benzene rings is 2. The van der Waals surface area contributed by atoms with Crippen molar-refractivity contribution in [1.29, 1.82) is 0 Å². The second-order valence-corrected chi connectivity index (χ2v) is 6.34. The standard InChI is InChI=1S/C21H24N2O3/c24-20(17-6-2-1-3-7-17)10-5-11-21(25)22-18-8-4-9-19(16-18)23-12-14-26-15-13-23/h1-4,6-9,16H,5,10-15H2,(H,22,25). The van der Waals surface area contributed by atoms with E-state index in [-0.39, 0.29) is 11.7 Å². The van der Waals surface area contributed by atoms with Crippen LogP contribution < -0.4 is 10.2 Å². The number of rotatable bonds is 7. The molecule has 136 valence electrons. The van der Waals surface area contributed by atoms with Crippen molar-refractivity contribution in [3.8, 4) is 0 Å². The number of nitrogens with one attached hydrogen (secondary N) is 1. The van der Waals surface area contributed by atoms with E-state index in [1.165, 1.54) is 0 Å². The van der Waals surface area contributed by atoms with Crippen molar-refractivity contribution >= 4 is 23.1 Å². The van der Waals surface area contributed by atoms with Crippen LogP contribution in [0.2, 0.25) is 0 Å². The fraction of sp³-hybridized carbons (Fsp3) is 0.333. The largest absolute Gasteiger partial charge is 0.378 e. The average Bonchev–Trinajstić information content (AvgIpc) is 2.69. The van der Waals surface area contributed by atoms with Crippen LogP contribution in [-0.4, -0.2) is 38.0 Å². The molecule has 1 amide bonds. The topological polar surface area (TPSA) is 58.6 Å². The summed E-state index contributed by atoms with van der Waals surface area (Å²) in [6.45, 7) is 3.18. The highest BCUT2D eigenvalue weighted by Crippen LogP contribution is 2.20. The fourth-order valence-electron chi connectivity index (χ4n) is 3.00. The maximum Gasteiger partial charge on any atom is 0.224 e. The maximum absolute atomic E-state index is 12.2. The van der Waals surface area contributed by atoms with Crippen LogP contribution >= 0.6 is 0 Å². The summed E-state index contributed by atoms with van der Waals surface area (Å²) >= 11 is 0. The summed E-state index contributed by atoms with van der Waals surface area (Å²) in [5.74, 6) is 0.0118. The molecule has 0 bridgehead atoms. The van der Waals surface area contributed by atoms with E-state index in [0.29, 0.717) is 24.8 Å². The summed E-state index contributed by atoms with van der Waals surface area (Å²) < 4.78 is 5.37. The number of amides is 1. The molecule has 0 unspecified atom stereocenters. The molecule has 0 aliphatic carbocycles. The molecule has 2 aromatic carbocycles. The summed E-state index contributed by atoms with van der Waals surface area (Å²) in [5, 5.41) is 2.93. The lowest BCUT2D eigenvalue weighted by Crippen LogP contribution is -2.36. The van der Waals surface area contributed by atoms with Gasteiger partial charge in [-0.3, -0.25) is 9.59 Å². The highest BCUT2D eigenvalue weighted by atomic mass is 16.5. The van der Waals surface area contributed by atoms with Crippen LogP contribution in [0.5, 0.6) is 0 Å². The predicted octanol–water partition coefficient (Wildman–Crippen LogP) is 3.51. The van der Waals surface area contributed by atoms with Gasteiger partial charge in [-0.05, 0) is 24.6 Å². The minimum Gasteiger partial charge on any atom is -0.378 e. The highest BCUT2D eigenvalue weighted by molar-refractivity contribution is 5.96. The Morgan fingerprint density at radius 3 is 2.50 bits per heavy atom. The van der Waals surface area contributed by atoms with E-state index in [1.54, 1.807) is 12.1 Å². The molecule has 0 spiro atoms. The summed E-state index contributed by atoms with van der Waals surface area (Å²) in [5.41, 5.74) is 2.57. The first-order chi connectivity index (χ1) is 12.7. The molecule has 3 rings (SSSR count). The summed E-state index contributed by atoms with van der Waals surface area (Å²) in [6, 6.07) is 17.0. The molecular formula is C21H24N2O3. The van der Waals surface area contributed by atoms with Gasteiger partial charge in [-0.2, -0.15) is 0 Å². The first-order valence-corrected chi connectivity index (χ1v) is 9.03.